The lowest BCUT2D eigenvalue weighted by molar-refractivity contribution is -0.137. The number of ether oxygens (including phenoxy) is 2. The zero-order valence-electron chi connectivity index (χ0n) is 23.2. The summed E-state index contributed by atoms with van der Waals surface area (Å²) in [6.07, 6.45) is -0.00141. The summed E-state index contributed by atoms with van der Waals surface area (Å²) >= 11 is 12.4. The number of hydrogen-bond donors (Lipinski definition) is 3. The van der Waals surface area contributed by atoms with Crippen molar-refractivity contribution in [1.82, 2.24) is 10.2 Å². The average molecular weight is 626 g/mol. The second-order valence-electron chi connectivity index (χ2n) is 10.3. The van der Waals surface area contributed by atoms with Gasteiger partial charge in [-0.15, -0.1) is 0 Å². The highest BCUT2D eigenvalue weighted by Gasteiger charge is 2.51. The van der Waals surface area contributed by atoms with Gasteiger partial charge in [0.2, 0.25) is 11.8 Å². The van der Waals surface area contributed by atoms with Crippen LogP contribution >= 0.6 is 23.2 Å². The van der Waals surface area contributed by atoms with E-state index in [2.05, 4.69) is 5.32 Å². The number of carbonyl (C=O) groups excluding carboxylic acids is 3. The van der Waals surface area contributed by atoms with E-state index in [1.807, 2.05) is 30.3 Å². The predicted molar refractivity (Wildman–Crippen MR) is 161 cm³/mol. The maximum absolute atomic E-state index is 13.9. The minimum atomic E-state index is -1.28. The molecular formula is C32H30Cl2N2O7. The minimum Gasteiger partial charge on any atom is -0.493 e. The molecule has 0 fully saturated rings. The van der Waals surface area contributed by atoms with Crippen LogP contribution in [0.15, 0.2) is 72.3 Å². The maximum Gasteiger partial charge on any atom is 0.247 e. The number of fused-ring (bicyclic) bond motifs is 3. The Morgan fingerprint density at radius 3 is 2.51 bits per heavy atom. The Morgan fingerprint density at radius 1 is 1.07 bits per heavy atom. The van der Waals surface area contributed by atoms with Crippen molar-refractivity contribution in [3.8, 4) is 11.5 Å². The maximum atomic E-state index is 13.9. The highest BCUT2D eigenvalue weighted by atomic mass is 35.5. The van der Waals surface area contributed by atoms with E-state index in [1.54, 1.807) is 30.3 Å². The van der Waals surface area contributed by atoms with Crippen LogP contribution < -0.4 is 14.8 Å². The van der Waals surface area contributed by atoms with Gasteiger partial charge in [0.1, 0.15) is 18.5 Å². The highest BCUT2D eigenvalue weighted by Crippen LogP contribution is 2.51. The van der Waals surface area contributed by atoms with Crippen molar-refractivity contribution >= 4 is 41.3 Å². The number of halogens is 2. The fourth-order valence-corrected chi connectivity index (χ4v) is 5.95. The smallest absolute Gasteiger partial charge is 0.247 e. The van der Waals surface area contributed by atoms with Gasteiger partial charge in [0, 0.05) is 29.8 Å². The number of amides is 2. The van der Waals surface area contributed by atoms with Crippen LogP contribution in [0.5, 0.6) is 11.5 Å². The average Bonchev–Trinajstić information content (AvgIpc) is 3.41. The Bertz CT molecular complexity index is 1560. The van der Waals surface area contributed by atoms with Gasteiger partial charge in [0.15, 0.2) is 11.5 Å². The van der Waals surface area contributed by atoms with Crippen LogP contribution in [0.3, 0.4) is 0 Å². The topological polar surface area (TPSA) is 125 Å². The second kappa shape index (κ2) is 13.2. The Labute approximate surface area is 258 Å². The molecule has 4 atom stereocenters. The first kappa shape index (κ1) is 30.6. The van der Waals surface area contributed by atoms with Gasteiger partial charge in [0.05, 0.1) is 42.1 Å². The first-order chi connectivity index (χ1) is 20.7. The van der Waals surface area contributed by atoms with Crippen LogP contribution in [0.2, 0.25) is 10.0 Å². The summed E-state index contributed by atoms with van der Waals surface area (Å²) in [4.78, 5) is 40.7. The zero-order valence-corrected chi connectivity index (χ0v) is 24.7. The van der Waals surface area contributed by atoms with Crippen molar-refractivity contribution in [1.29, 1.82) is 0 Å². The third-order valence-electron chi connectivity index (χ3n) is 7.63. The Kier molecular flexibility index (Phi) is 9.37. The fourth-order valence-electron chi connectivity index (χ4n) is 5.63. The van der Waals surface area contributed by atoms with Crippen molar-refractivity contribution in [2.24, 2.45) is 0 Å². The Balaban J connectivity index is 1.61. The molecule has 43 heavy (non-hydrogen) atoms. The van der Waals surface area contributed by atoms with Crippen molar-refractivity contribution in [2.75, 3.05) is 20.3 Å². The first-order valence-electron chi connectivity index (χ1n) is 13.7. The molecule has 0 radical (unpaired) electrons. The van der Waals surface area contributed by atoms with Crippen LogP contribution in [0, 0.1) is 0 Å². The van der Waals surface area contributed by atoms with Crippen molar-refractivity contribution < 1.29 is 34.1 Å². The third kappa shape index (κ3) is 6.26. The lowest BCUT2D eigenvalue weighted by Crippen LogP contribution is -2.55. The van der Waals surface area contributed by atoms with Gasteiger partial charge in [-0.3, -0.25) is 14.4 Å². The molecule has 9 nitrogen and oxygen atoms in total. The van der Waals surface area contributed by atoms with E-state index in [9.17, 15) is 24.6 Å². The lowest BCUT2D eigenvalue weighted by Gasteiger charge is -2.41. The molecule has 5 rings (SSSR count). The predicted octanol–water partition coefficient (Wildman–Crippen LogP) is 3.71. The van der Waals surface area contributed by atoms with Gasteiger partial charge < -0.3 is 29.9 Å². The summed E-state index contributed by atoms with van der Waals surface area (Å²) < 4.78 is 11.7. The van der Waals surface area contributed by atoms with Crippen molar-refractivity contribution in [3.63, 3.8) is 0 Å². The second-order valence-corrected chi connectivity index (χ2v) is 11.1. The highest BCUT2D eigenvalue weighted by molar-refractivity contribution is 6.42. The normalized spacial score (nSPS) is 20.3. The van der Waals surface area contributed by atoms with Gasteiger partial charge in [-0.05, 0) is 41.5 Å². The number of nitrogens with one attached hydrogen (secondary N) is 1. The minimum absolute atomic E-state index is 0.00782. The van der Waals surface area contributed by atoms with Crippen molar-refractivity contribution in [3.05, 3.63) is 105 Å². The van der Waals surface area contributed by atoms with Crippen LogP contribution in [-0.4, -0.2) is 71.7 Å². The van der Waals surface area contributed by atoms with E-state index in [4.69, 9.17) is 32.7 Å². The number of hydrogen-bond acceptors (Lipinski definition) is 7. The van der Waals surface area contributed by atoms with Crippen LogP contribution in [0.1, 0.15) is 33.0 Å². The summed E-state index contributed by atoms with van der Waals surface area (Å²) in [6, 6.07) is 16.3. The summed E-state index contributed by atoms with van der Waals surface area (Å²) in [5, 5.41) is 24.6. The Morgan fingerprint density at radius 2 is 1.84 bits per heavy atom. The number of nitrogens with zero attached hydrogens (tertiary/aromatic N) is 1. The van der Waals surface area contributed by atoms with E-state index >= 15 is 0 Å². The van der Waals surface area contributed by atoms with Gasteiger partial charge in [0.25, 0.3) is 0 Å². The molecule has 0 saturated heterocycles. The lowest BCUT2D eigenvalue weighted by atomic mass is 9.77. The largest absolute Gasteiger partial charge is 0.493 e. The number of aldehydes is 1. The van der Waals surface area contributed by atoms with Gasteiger partial charge in [-0.1, -0.05) is 59.6 Å². The summed E-state index contributed by atoms with van der Waals surface area (Å²) in [5.41, 5.74) is 2.48. The molecule has 0 saturated carbocycles. The molecule has 0 unspecified atom stereocenters. The molecule has 1 aliphatic heterocycles. The molecule has 3 aromatic carbocycles. The quantitative estimate of drug-likeness (QED) is 0.294. The number of aliphatic hydroxyl groups excluding tert-OH is 2. The molecule has 11 heteroatoms. The molecule has 1 heterocycles. The number of methoxy groups -OCH3 is 1. The van der Waals surface area contributed by atoms with E-state index in [0.717, 1.165) is 5.56 Å². The van der Waals surface area contributed by atoms with Crippen molar-refractivity contribution in [2.45, 2.75) is 37.1 Å². The van der Waals surface area contributed by atoms with E-state index in [-0.39, 0.29) is 43.3 Å². The molecule has 1 aliphatic carbocycles. The summed E-state index contributed by atoms with van der Waals surface area (Å²) in [5.74, 6) is -0.999. The van der Waals surface area contributed by atoms with Crippen LogP contribution in [0.4, 0.5) is 0 Å². The van der Waals surface area contributed by atoms with Gasteiger partial charge in [-0.2, -0.15) is 0 Å². The molecule has 0 aromatic heterocycles. The standard InChI is InChI=1S/C32H30Cl2N2O7/c1-42-26-13-20(17-38)11-21-28-22(32(41)35-9-10-37)15-25(29(40)31(28)43-30(21)26)36(16-19-7-8-23(33)24(34)12-19)27(39)14-18-5-3-2-4-6-18/h2-8,11-13,15,17,25,28-29,31,37,40H,9-10,14,16H2,1H3,(H,35,41)/t25-,28+,29+,31+/m1/s1. The van der Waals surface area contributed by atoms with E-state index < -0.39 is 30.1 Å². The van der Waals surface area contributed by atoms with Gasteiger partial charge in [-0.25, -0.2) is 0 Å². The van der Waals surface area contributed by atoms with E-state index in [1.165, 1.54) is 18.1 Å². The zero-order chi connectivity index (χ0) is 30.7. The molecular weight excluding hydrogens is 595 g/mol. The molecule has 3 N–H and O–H groups in total. The van der Waals surface area contributed by atoms with Gasteiger partial charge >= 0.3 is 0 Å². The molecule has 0 spiro atoms. The molecule has 2 amide bonds. The number of benzene rings is 3. The number of aliphatic hydroxyl groups is 2. The summed E-state index contributed by atoms with van der Waals surface area (Å²) in [6.45, 7) is -0.240. The molecule has 224 valence electrons. The first-order valence-corrected chi connectivity index (χ1v) is 14.4. The Hall–Kier alpha value is -3.89. The molecule has 2 aliphatic rings. The molecule has 0 bridgehead atoms. The van der Waals surface area contributed by atoms with Crippen LogP contribution in [0.25, 0.3) is 0 Å². The number of rotatable bonds is 10. The molecule has 3 aromatic rings. The monoisotopic (exact) mass is 624 g/mol. The SMILES string of the molecule is COc1cc(C=O)cc2c1O[C@@H]1[C@@H](O)[C@H](N(Cc3ccc(Cl)c(Cl)c3)C(=O)Cc3ccccc3)C=C(C(=O)NCCO)[C@H]21. The number of carbonyl (C=O) groups is 3. The summed E-state index contributed by atoms with van der Waals surface area (Å²) in [7, 11) is 1.43. The third-order valence-corrected chi connectivity index (χ3v) is 8.37. The van der Waals surface area contributed by atoms with Crippen LogP contribution in [-0.2, 0) is 22.6 Å². The fraction of sp³-hybridized carbons (Fsp3) is 0.281. The van der Waals surface area contributed by atoms with E-state index in [0.29, 0.717) is 38.8 Å².